The third-order valence-corrected chi connectivity index (χ3v) is 5.13. The maximum Gasteiger partial charge on any atom is 0.416 e. The minimum Gasteiger partial charge on any atom is -0.370 e. The van der Waals surface area contributed by atoms with Crippen LogP contribution in [-0.2, 0) is 6.18 Å². The predicted molar refractivity (Wildman–Crippen MR) is 97.0 cm³/mol. The fraction of sp³-hybridized carbons (Fsp3) is 0.300. The first-order valence-electron chi connectivity index (χ1n) is 8.84. The van der Waals surface area contributed by atoms with Crippen molar-refractivity contribution in [3.8, 4) is 0 Å². The van der Waals surface area contributed by atoms with Crippen LogP contribution in [0.5, 0.6) is 0 Å². The summed E-state index contributed by atoms with van der Waals surface area (Å²) >= 11 is 0. The Morgan fingerprint density at radius 3 is 2.56 bits per heavy atom. The van der Waals surface area contributed by atoms with Crippen LogP contribution in [0, 0.1) is 0 Å². The normalized spacial score (nSPS) is 16.0. The molecule has 7 heteroatoms. The Labute approximate surface area is 154 Å². The van der Waals surface area contributed by atoms with Gasteiger partial charge in [-0.05, 0) is 42.5 Å². The van der Waals surface area contributed by atoms with Crippen molar-refractivity contribution in [2.45, 2.75) is 24.9 Å². The summed E-state index contributed by atoms with van der Waals surface area (Å²) in [6, 6.07) is 9.65. The monoisotopic (exact) mass is 372 g/mol. The number of nitrogens with zero attached hydrogens (tertiary/aromatic N) is 4. The van der Waals surface area contributed by atoms with E-state index < -0.39 is 11.7 Å². The highest BCUT2D eigenvalue weighted by atomic mass is 19.4. The molecule has 0 atom stereocenters. The first kappa shape index (κ1) is 17.6. The number of hydrogen-bond acceptors (Lipinski definition) is 3. The molecule has 0 spiro atoms. The topological polar surface area (TPSA) is 33.4 Å². The number of benzene rings is 1. The number of aromatic nitrogens is 3. The van der Waals surface area contributed by atoms with Gasteiger partial charge >= 0.3 is 6.18 Å². The molecular weight excluding hydrogens is 353 g/mol. The lowest BCUT2D eigenvalue weighted by atomic mass is 9.86. The second-order valence-electron chi connectivity index (χ2n) is 6.74. The molecule has 0 amide bonds. The molecule has 1 saturated heterocycles. The van der Waals surface area contributed by atoms with Crippen LogP contribution >= 0.6 is 0 Å². The average molecular weight is 372 g/mol. The van der Waals surface area contributed by atoms with Crippen molar-refractivity contribution in [1.82, 2.24) is 19.5 Å². The zero-order valence-electron chi connectivity index (χ0n) is 14.7. The van der Waals surface area contributed by atoms with Gasteiger partial charge in [0.2, 0.25) is 0 Å². The second-order valence-corrected chi connectivity index (χ2v) is 6.74. The van der Waals surface area contributed by atoms with Crippen molar-refractivity contribution in [3.05, 3.63) is 72.2 Å². The Kier molecular flexibility index (Phi) is 4.37. The van der Waals surface area contributed by atoms with Crippen LogP contribution in [-0.4, -0.2) is 32.6 Å². The molecule has 4 nitrogen and oxygen atoms in total. The fourth-order valence-electron chi connectivity index (χ4n) is 3.70. The third kappa shape index (κ3) is 3.41. The van der Waals surface area contributed by atoms with E-state index >= 15 is 0 Å². The lowest BCUT2D eigenvalue weighted by Crippen LogP contribution is -2.32. The lowest BCUT2D eigenvalue weighted by molar-refractivity contribution is -0.138. The molecular formula is C20H19F3N4. The molecule has 0 saturated carbocycles. The minimum absolute atomic E-state index is 0.101. The van der Waals surface area contributed by atoms with Gasteiger partial charge in [-0.15, -0.1) is 0 Å². The Hall–Kier alpha value is -2.83. The minimum atomic E-state index is -4.32. The number of rotatable bonds is 3. The lowest BCUT2D eigenvalue weighted by Gasteiger charge is -2.35. The second kappa shape index (κ2) is 6.72. The summed E-state index contributed by atoms with van der Waals surface area (Å²) < 4.78 is 41.6. The number of piperidine rings is 1. The smallest absolute Gasteiger partial charge is 0.370 e. The summed E-state index contributed by atoms with van der Waals surface area (Å²) in [7, 11) is 0. The largest absolute Gasteiger partial charge is 0.416 e. The summed E-state index contributed by atoms with van der Waals surface area (Å²) in [5.74, 6) is -0.101. The molecule has 0 unspecified atom stereocenters. The van der Waals surface area contributed by atoms with Crippen molar-refractivity contribution in [3.63, 3.8) is 0 Å². The number of alkyl halides is 3. The van der Waals surface area contributed by atoms with E-state index in [9.17, 15) is 13.2 Å². The van der Waals surface area contributed by atoms with E-state index in [4.69, 9.17) is 0 Å². The molecule has 0 aliphatic carbocycles. The summed E-state index contributed by atoms with van der Waals surface area (Å²) in [5, 5.41) is 4.50. The highest BCUT2D eigenvalue weighted by molar-refractivity contribution is 5.59. The molecule has 0 bridgehead atoms. The molecule has 1 aromatic carbocycles. The van der Waals surface area contributed by atoms with E-state index in [-0.39, 0.29) is 5.92 Å². The van der Waals surface area contributed by atoms with Crippen molar-refractivity contribution >= 4 is 11.3 Å². The molecule has 1 aliphatic heterocycles. The number of hydrogen-bond donors (Lipinski definition) is 0. The Morgan fingerprint density at radius 2 is 1.81 bits per heavy atom. The molecule has 140 valence electrons. The summed E-state index contributed by atoms with van der Waals surface area (Å²) in [4.78, 5) is 6.26. The van der Waals surface area contributed by atoms with Crippen LogP contribution in [0.15, 0.2) is 55.4 Å². The summed E-state index contributed by atoms with van der Waals surface area (Å²) in [6.07, 6.45) is 0.436. The van der Waals surface area contributed by atoms with Gasteiger partial charge in [0.1, 0.15) is 5.69 Å². The van der Waals surface area contributed by atoms with Crippen LogP contribution in [0.25, 0.3) is 11.3 Å². The van der Waals surface area contributed by atoms with Crippen LogP contribution < -0.4 is 0 Å². The van der Waals surface area contributed by atoms with Gasteiger partial charge in [0.25, 0.3) is 0 Å². The Balaban J connectivity index is 1.48. The molecule has 1 aliphatic rings. The van der Waals surface area contributed by atoms with E-state index in [0.717, 1.165) is 17.0 Å². The van der Waals surface area contributed by atoms with Gasteiger partial charge in [-0.2, -0.15) is 18.3 Å². The standard InChI is InChI=1S/C20H19F3N4/c1-14(18-6-7-19-24-10-13-27(19)25-18)26-11-8-15(9-12-26)16-4-2-3-5-17(16)20(21,22)23/h2-7,10,13,15H,1,8-9,11-12H2. The zero-order chi connectivity index (χ0) is 19.0. The van der Waals surface area contributed by atoms with E-state index in [1.54, 1.807) is 29.0 Å². The summed E-state index contributed by atoms with van der Waals surface area (Å²) in [5.41, 5.74) is 2.17. The number of fused-ring (bicyclic) bond motifs is 1. The zero-order valence-corrected chi connectivity index (χ0v) is 14.7. The number of imidazole rings is 1. The van der Waals surface area contributed by atoms with Gasteiger partial charge < -0.3 is 4.90 Å². The maximum absolute atomic E-state index is 13.3. The first-order valence-corrected chi connectivity index (χ1v) is 8.84. The fourth-order valence-corrected chi connectivity index (χ4v) is 3.70. The summed E-state index contributed by atoms with van der Waals surface area (Å²) in [6.45, 7) is 5.45. The van der Waals surface area contributed by atoms with E-state index in [2.05, 4.69) is 21.6 Å². The highest BCUT2D eigenvalue weighted by Gasteiger charge is 2.35. The Morgan fingerprint density at radius 1 is 1.07 bits per heavy atom. The molecule has 0 N–H and O–H groups in total. The third-order valence-electron chi connectivity index (χ3n) is 5.13. The number of likely N-dealkylation sites (tertiary alicyclic amines) is 1. The van der Waals surface area contributed by atoms with Crippen molar-refractivity contribution in [2.75, 3.05) is 13.1 Å². The molecule has 27 heavy (non-hydrogen) atoms. The molecule has 3 heterocycles. The van der Waals surface area contributed by atoms with Gasteiger partial charge in [-0.1, -0.05) is 24.8 Å². The van der Waals surface area contributed by atoms with Crippen molar-refractivity contribution in [1.29, 1.82) is 0 Å². The Bertz CT molecular complexity index is 969. The van der Waals surface area contributed by atoms with Crippen LogP contribution in [0.4, 0.5) is 13.2 Å². The van der Waals surface area contributed by atoms with Crippen molar-refractivity contribution in [2.24, 2.45) is 0 Å². The van der Waals surface area contributed by atoms with Gasteiger partial charge in [-0.25, -0.2) is 9.50 Å². The van der Waals surface area contributed by atoms with Crippen molar-refractivity contribution < 1.29 is 13.2 Å². The van der Waals surface area contributed by atoms with E-state index in [0.29, 0.717) is 31.5 Å². The molecule has 4 rings (SSSR count). The SMILES string of the molecule is C=C(c1ccc2nccn2n1)N1CCC(c2ccccc2C(F)(F)F)CC1. The molecule has 0 radical (unpaired) electrons. The van der Waals surface area contributed by atoms with E-state index in [1.807, 2.05) is 12.1 Å². The van der Waals surface area contributed by atoms with Gasteiger partial charge in [0, 0.05) is 25.5 Å². The van der Waals surface area contributed by atoms with Gasteiger partial charge in [-0.3, -0.25) is 0 Å². The van der Waals surface area contributed by atoms with Crippen LogP contribution in [0.1, 0.15) is 35.6 Å². The first-order chi connectivity index (χ1) is 12.9. The number of halogens is 3. The molecule has 1 fully saturated rings. The maximum atomic E-state index is 13.3. The van der Waals surface area contributed by atoms with Crippen LogP contribution in [0.3, 0.4) is 0 Å². The molecule has 3 aromatic rings. The van der Waals surface area contributed by atoms with Gasteiger partial charge in [0.05, 0.1) is 11.3 Å². The van der Waals surface area contributed by atoms with E-state index in [1.165, 1.54) is 12.1 Å². The quantitative estimate of drug-likeness (QED) is 0.674. The van der Waals surface area contributed by atoms with Crippen LogP contribution in [0.2, 0.25) is 0 Å². The average Bonchev–Trinajstić information content (AvgIpc) is 3.15. The predicted octanol–water partition coefficient (Wildman–Crippen LogP) is 4.60. The highest BCUT2D eigenvalue weighted by Crippen LogP contribution is 2.39. The van der Waals surface area contributed by atoms with Gasteiger partial charge in [0.15, 0.2) is 5.65 Å². The molecule has 2 aromatic heterocycles.